The second-order valence-electron chi connectivity index (χ2n) is 9.84. The lowest BCUT2D eigenvalue weighted by Crippen LogP contribution is -2.34. The summed E-state index contributed by atoms with van der Waals surface area (Å²) in [5.41, 5.74) is 0. The fraction of sp³-hybridized carbons (Fsp3) is 1.00. The van der Waals surface area contributed by atoms with Crippen molar-refractivity contribution >= 4 is 8.32 Å². The minimum absolute atomic E-state index is 1.19. The third-order valence-corrected chi connectivity index (χ3v) is 10.6. The fourth-order valence-electron chi connectivity index (χ4n) is 4.61. The summed E-state index contributed by atoms with van der Waals surface area (Å²) in [6.45, 7) is 6.87. The lowest BCUT2D eigenvalue weighted by atomic mass is 10.1. The molecular formula is C27H58OSi. The molecule has 0 spiro atoms. The molecule has 1 N–H and O–H groups in total. The zero-order chi connectivity index (χ0) is 21.5. The molecule has 0 amide bonds. The second-order valence-corrected chi connectivity index (χ2v) is 13.8. The molecule has 0 saturated carbocycles. The predicted octanol–water partition coefficient (Wildman–Crippen LogP) is 10.2. The van der Waals surface area contributed by atoms with Gasteiger partial charge in [0.2, 0.25) is 0 Å². The first-order valence-electron chi connectivity index (χ1n) is 13.9. The van der Waals surface area contributed by atoms with Crippen LogP contribution in [-0.2, 0) is 0 Å². The Morgan fingerprint density at radius 3 is 0.793 bits per heavy atom. The highest BCUT2D eigenvalue weighted by molar-refractivity contribution is 6.72. The van der Waals surface area contributed by atoms with Crippen molar-refractivity contribution in [2.45, 2.75) is 174 Å². The van der Waals surface area contributed by atoms with Gasteiger partial charge in [-0.1, -0.05) is 156 Å². The van der Waals surface area contributed by atoms with Crippen LogP contribution >= 0.6 is 0 Å². The molecule has 2 heteroatoms. The van der Waals surface area contributed by atoms with Crippen LogP contribution in [0.2, 0.25) is 18.1 Å². The Labute approximate surface area is 187 Å². The molecule has 0 aliphatic heterocycles. The maximum absolute atomic E-state index is 11.5. The van der Waals surface area contributed by atoms with Crippen molar-refractivity contribution in [2.24, 2.45) is 0 Å². The Kier molecular flexibility index (Phi) is 23.0. The van der Waals surface area contributed by atoms with Crippen LogP contribution in [0.3, 0.4) is 0 Å². The average Bonchev–Trinajstić information content (AvgIpc) is 2.72. The molecule has 0 unspecified atom stereocenters. The van der Waals surface area contributed by atoms with Crippen LogP contribution in [0.25, 0.3) is 0 Å². The maximum atomic E-state index is 11.5. The largest absolute Gasteiger partial charge is 0.432 e. The average molecular weight is 427 g/mol. The summed E-state index contributed by atoms with van der Waals surface area (Å²) in [6.07, 6.45) is 28.8. The number of hydrogen-bond donors (Lipinski definition) is 1. The Morgan fingerprint density at radius 2 is 0.552 bits per heavy atom. The SMILES string of the molecule is CCCCCCCCC[Si](O)(CCCCCCCCC)CCCCCCCCC. The van der Waals surface area contributed by atoms with E-state index in [1.807, 2.05) is 0 Å². The molecule has 0 heterocycles. The van der Waals surface area contributed by atoms with Gasteiger partial charge in [-0.25, -0.2) is 0 Å². The molecule has 0 fully saturated rings. The van der Waals surface area contributed by atoms with E-state index >= 15 is 0 Å². The third-order valence-electron chi connectivity index (χ3n) is 6.74. The molecular weight excluding hydrogens is 368 g/mol. The van der Waals surface area contributed by atoms with Crippen LogP contribution in [-0.4, -0.2) is 13.1 Å². The fourth-order valence-corrected chi connectivity index (χ4v) is 8.08. The van der Waals surface area contributed by atoms with Crippen molar-refractivity contribution in [1.29, 1.82) is 0 Å². The Morgan fingerprint density at radius 1 is 0.345 bits per heavy atom. The summed E-state index contributed by atoms with van der Waals surface area (Å²) < 4.78 is 0. The maximum Gasteiger partial charge on any atom is 0.188 e. The molecule has 0 aromatic rings. The molecule has 176 valence electrons. The van der Waals surface area contributed by atoms with Gasteiger partial charge < -0.3 is 4.80 Å². The summed E-state index contributed by atoms with van der Waals surface area (Å²) in [5, 5.41) is 0. The van der Waals surface area contributed by atoms with E-state index in [4.69, 9.17) is 0 Å². The highest BCUT2D eigenvalue weighted by Gasteiger charge is 2.29. The molecule has 0 aromatic carbocycles. The number of unbranched alkanes of at least 4 members (excludes halogenated alkanes) is 18. The Hall–Kier alpha value is 0.177. The standard InChI is InChI=1S/C27H58OSi/c1-4-7-10-13-16-19-22-25-29(28,26-23-20-17-14-11-8-5-2)27-24-21-18-15-12-9-6-3/h28H,4-27H2,1-3H3. The minimum atomic E-state index is -1.98. The monoisotopic (exact) mass is 426 g/mol. The van der Waals surface area contributed by atoms with Crippen molar-refractivity contribution in [3.8, 4) is 0 Å². The molecule has 0 radical (unpaired) electrons. The summed E-state index contributed by atoms with van der Waals surface area (Å²) in [7, 11) is -1.98. The zero-order valence-electron chi connectivity index (χ0n) is 20.9. The van der Waals surface area contributed by atoms with Crippen LogP contribution in [0, 0.1) is 0 Å². The summed E-state index contributed by atoms with van der Waals surface area (Å²) in [5.74, 6) is 0. The van der Waals surface area contributed by atoms with E-state index in [1.54, 1.807) is 0 Å². The summed E-state index contributed by atoms with van der Waals surface area (Å²) >= 11 is 0. The molecule has 0 saturated heterocycles. The third kappa shape index (κ3) is 21.2. The molecule has 0 aromatic heterocycles. The quantitative estimate of drug-likeness (QED) is 0.120. The van der Waals surface area contributed by atoms with E-state index in [9.17, 15) is 4.80 Å². The first kappa shape index (κ1) is 29.2. The van der Waals surface area contributed by atoms with E-state index < -0.39 is 8.32 Å². The first-order chi connectivity index (χ1) is 14.2. The first-order valence-corrected chi connectivity index (χ1v) is 16.5. The van der Waals surface area contributed by atoms with Gasteiger partial charge in [-0.3, -0.25) is 0 Å². The van der Waals surface area contributed by atoms with Gasteiger partial charge >= 0.3 is 0 Å². The summed E-state index contributed by atoms with van der Waals surface area (Å²) in [4.78, 5) is 11.5. The topological polar surface area (TPSA) is 20.2 Å². The van der Waals surface area contributed by atoms with Gasteiger partial charge in [0.05, 0.1) is 0 Å². The van der Waals surface area contributed by atoms with Crippen molar-refractivity contribution in [2.75, 3.05) is 0 Å². The van der Waals surface area contributed by atoms with Gasteiger partial charge in [-0.15, -0.1) is 0 Å². The lowest BCUT2D eigenvalue weighted by molar-refractivity contribution is 0.493. The molecule has 0 atom stereocenters. The molecule has 0 bridgehead atoms. The minimum Gasteiger partial charge on any atom is -0.432 e. The van der Waals surface area contributed by atoms with Crippen LogP contribution in [0.4, 0.5) is 0 Å². The van der Waals surface area contributed by atoms with Crippen molar-refractivity contribution in [3.05, 3.63) is 0 Å². The van der Waals surface area contributed by atoms with Crippen molar-refractivity contribution in [1.82, 2.24) is 0 Å². The molecule has 0 aliphatic rings. The van der Waals surface area contributed by atoms with Crippen LogP contribution in [0.1, 0.15) is 156 Å². The van der Waals surface area contributed by atoms with Gasteiger partial charge in [0.15, 0.2) is 8.32 Å². The van der Waals surface area contributed by atoms with Gasteiger partial charge in [-0.05, 0) is 18.1 Å². The smallest absolute Gasteiger partial charge is 0.188 e. The predicted molar refractivity (Wildman–Crippen MR) is 136 cm³/mol. The van der Waals surface area contributed by atoms with Gasteiger partial charge in [-0.2, -0.15) is 0 Å². The lowest BCUT2D eigenvalue weighted by Gasteiger charge is -2.25. The van der Waals surface area contributed by atoms with Gasteiger partial charge in [0, 0.05) is 0 Å². The van der Waals surface area contributed by atoms with E-state index in [1.165, 1.54) is 153 Å². The van der Waals surface area contributed by atoms with E-state index in [2.05, 4.69) is 20.8 Å². The molecule has 29 heavy (non-hydrogen) atoms. The Balaban J connectivity index is 4.03. The number of rotatable bonds is 24. The normalized spacial score (nSPS) is 12.0. The van der Waals surface area contributed by atoms with Gasteiger partial charge in [0.25, 0.3) is 0 Å². The van der Waals surface area contributed by atoms with Crippen molar-refractivity contribution in [3.63, 3.8) is 0 Å². The highest BCUT2D eigenvalue weighted by Crippen LogP contribution is 2.27. The van der Waals surface area contributed by atoms with Crippen LogP contribution < -0.4 is 0 Å². The van der Waals surface area contributed by atoms with E-state index in [0.29, 0.717) is 0 Å². The van der Waals surface area contributed by atoms with E-state index in [0.717, 1.165) is 0 Å². The van der Waals surface area contributed by atoms with Crippen LogP contribution in [0.5, 0.6) is 0 Å². The second kappa shape index (κ2) is 22.9. The van der Waals surface area contributed by atoms with E-state index in [-0.39, 0.29) is 0 Å². The molecule has 0 aliphatic carbocycles. The summed E-state index contributed by atoms with van der Waals surface area (Å²) in [6, 6.07) is 3.56. The highest BCUT2D eigenvalue weighted by atomic mass is 28.4. The molecule has 1 nitrogen and oxygen atoms in total. The van der Waals surface area contributed by atoms with Crippen molar-refractivity contribution < 1.29 is 4.80 Å². The number of hydrogen-bond acceptors (Lipinski definition) is 1. The zero-order valence-corrected chi connectivity index (χ0v) is 21.9. The Bertz CT molecular complexity index is 259. The van der Waals surface area contributed by atoms with Crippen LogP contribution in [0.15, 0.2) is 0 Å². The molecule has 0 rings (SSSR count). The van der Waals surface area contributed by atoms with Gasteiger partial charge in [0.1, 0.15) is 0 Å².